The summed E-state index contributed by atoms with van der Waals surface area (Å²) < 4.78 is 4.85. The van der Waals surface area contributed by atoms with E-state index in [0.29, 0.717) is 31.1 Å². The average molecular weight is 710 g/mol. The van der Waals surface area contributed by atoms with Crippen molar-refractivity contribution >= 4 is 68.1 Å². The Balaban J connectivity index is 1.46. The molecule has 1 aromatic heterocycles. The maximum absolute atomic E-state index is 15.0. The van der Waals surface area contributed by atoms with Gasteiger partial charge >= 0.3 is 6.09 Å². The van der Waals surface area contributed by atoms with Gasteiger partial charge in [-0.25, -0.2) is 4.79 Å². The van der Waals surface area contributed by atoms with Gasteiger partial charge in [0.25, 0.3) is 0 Å². The van der Waals surface area contributed by atoms with Crippen LogP contribution in [-0.2, 0) is 20.9 Å². The number of nitrogens with zero attached hydrogens (tertiary/aromatic N) is 2. The zero-order valence-corrected chi connectivity index (χ0v) is 28.2. The number of ether oxygens (including phenoxy) is 1. The molecule has 3 atom stereocenters. The first-order valence-electron chi connectivity index (χ1n) is 15.0. The smallest absolute Gasteiger partial charge is 0.407 e. The van der Waals surface area contributed by atoms with E-state index >= 15 is 4.79 Å². The number of nitrogens with one attached hydrogen (secondary N) is 2. The number of H-pyrrole nitrogens is 1. The number of aromatic nitrogens is 1. The lowest BCUT2D eigenvalue weighted by molar-refractivity contribution is -0.133. The maximum Gasteiger partial charge on any atom is 0.407 e. The molecule has 2 aliphatic rings. The minimum Gasteiger partial charge on any atom is -0.450 e. The molecule has 3 heterocycles. The third-order valence-corrected chi connectivity index (χ3v) is 10.7. The zero-order valence-electron chi connectivity index (χ0n) is 25.0. The number of halogens is 2. The molecule has 2 N–H and O–H groups in total. The highest BCUT2D eigenvalue weighted by Crippen LogP contribution is 2.55. The first-order valence-corrected chi connectivity index (χ1v) is 16.9. The van der Waals surface area contributed by atoms with Crippen molar-refractivity contribution in [1.29, 1.82) is 0 Å². The van der Waals surface area contributed by atoms with Crippen LogP contribution in [0.3, 0.4) is 0 Å². The predicted molar refractivity (Wildman–Crippen MR) is 180 cm³/mol. The molecule has 0 bridgehead atoms. The minimum absolute atomic E-state index is 0.0261. The summed E-state index contributed by atoms with van der Waals surface area (Å²) in [6.07, 6.45) is 2.04. The van der Waals surface area contributed by atoms with Gasteiger partial charge < -0.3 is 24.8 Å². The van der Waals surface area contributed by atoms with Crippen molar-refractivity contribution in [3.8, 4) is 0 Å². The number of hydrogen-bond acceptors (Lipinski definition) is 5. The highest BCUT2D eigenvalue weighted by Gasteiger charge is 2.60. The number of carbonyl (C=O) groups excluding carboxylic acids is 3. The van der Waals surface area contributed by atoms with E-state index in [4.69, 9.17) is 16.3 Å². The lowest BCUT2D eigenvalue weighted by atomic mass is 9.90. The van der Waals surface area contributed by atoms with Gasteiger partial charge in [0.1, 0.15) is 4.75 Å². The number of aryl methyl sites for hydroxylation is 1. The van der Waals surface area contributed by atoms with E-state index in [0.717, 1.165) is 37.0 Å². The van der Waals surface area contributed by atoms with E-state index in [1.807, 2.05) is 84.8 Å². The predicted octanol–water partition coefficient (Wildman–Crippen LogP) is 7.24. The van der Waals surface area contributed by atoms with Gasteiger partial charge in [-0.2, -0.15) is 0 Å². The second-order valence-electron chi connectivity index (χ2n) is 11.6. The molecule has 2 fully saturated rings. The molecular weight excluding hydrogens is 676 g/mol. The Hall–Kier alpha value is -3.47. The summed E-state index contributed by atoms with van der Waals surface area (Å²) in [7, 11) is 0. The summed E-state index contributed by atoms with van der Waals surface area (Å²) in [5, 5.41) is 4.39. The van der Waals surface area contributed by atoms with E-state index in [-0.39, 0.29) is 30.9 Å². The number of rotatable bonds is 8. The van der Waals surface area contributed by atoms with Crippen LogP contribution in [0.5, 0.6) is 0 Å². The number of fused-ring (bicyclic) bond motifs is 1. The molecule has 2 aliphatic heterocycles. The van der Waals surface area contributed by atoms with Crippen LogP contribution in [0.15, 0.2) is 82.3 Å². The number of hydrogen-bond donors (Lipinski definition) is 2. The number of alkyl carbamates (subject to hydrolysis) is 1. The molecule has 0 saturated carbocycles. The van der Waals surface area contributed by atoms with E-state index in [2.05, 4.69) is 26.2 Å². The van der Waals surface area contributed by atoms with Gasteiger partial charge in [-0.1, -0.05) is 63.4 Å². The van der Waals surface area contributed by atoms with Crippen molar-refractivity contribution in [2.45, 2.75) is 55.0 Å². The van der Waals surface area contributed by atoms with Crippen LogP contribution in [0, 0.1) is 6.92 Å². The quantitative estimate of drug-likeness (QED) is 0.201. The van der Waals surface area contributed by atoms with Crippen molar-refractivity contribution < 1.29 is 19.1 Å². The van der Waals surface area contributed by atoms with Gasteiger partial charge in [-0.3, -0.25) is 9.59 Å². The maximum atomic E-state index is 15.0. The highest BCUT2D eigenvalue weighted by atomic mass is 79.9. The third-order valence-electron chi connectivity index (χ3n) is 8.48. The highest BCUT2D eigenvalue weighted by molar-refractivity contribution is 9.10. The van der Waals surface area contributed by atoms with E-state index in [1.54, 1.807) is 11.8 Å². The largest absolute Gasteiger partial charge is 0.450 e. The number of thioether (sulfide) groups is 1. The van der Waals surface area contributed by atoms with Crippen LogP contribution in [0.4, 0.5) is 4.79 Å². The lowest BCUT2D eigenvalue weighted by Gasteiger charge is -2.38. The van der Waals surface area contributed by atoms with Crippen LogP contribution >= 0.6 is 39.3 Å². The van der Waals surface area contributed by atoms with Gasteiger partial charge in [0.15, 0.2) is 0 Å². The zero-order chi connectivity index (χ0) is 31.7. The molecule has 8 nitrogen and oxygen atoms in total. The van der Waals surface area contributed by atoms with Crippen molar-refractivity contribution in [3.63, 3.8) is 0 Å². The normalized spacial score (nSPS) is 21.5. The monoisotopic (exact) mass is 708 g/mol. The minimum atomic E-state index is -1.19. The first kappa shape index (κ1) is 31.5. The molecular formula is C34H34BrClN4O4S. The Bertz CT molecular complexity index is 1730. The van der Waals surface area contributed by atoms with Gasteiger partial charge in [0.05, 0.1) is 25.1 Å². The van der Waals surface area contributed by atoms with Gasteiger partial charge in [0.2, 0.25) is 11.8 Å². The summed E-state index contributed by atoms with van der Waals surface area (Å²) in [5.74, 6) is -0.221. The number of likely N-dealkylation sites (tertiary alicyclic amines) is 2. The number of benzene rings is 3. The summed E-state index contributed by atoms with van der Waals surface area (Å²) >= 11 is 11.3. The molecule has 0 unspecified atom stereocenters. The fraction of sp³-hybridized carbons (Fsp3) is 0.324. The molecule has 45 heavy (non-hydrogen) atoms. The average Bonchev–Trinajstić information content (AvgIpc) is 3.71. The molecule has 4 aromatic rings. The molecule has 0 radical (unpaired) electrons. The lowest BCUT2D eigenvalue weighted by Crippen LogP contribution is -2.50. The van der Waals surface area contributed by atoms with E-state index in [9.17, 15) is 9.59 Å². The molecule has 3 amide bonds. The molecule has 234 valence electrons. The summed E-state index contributed by atoms with van der Waals surface area (Å²) in [6, 6.07) is 20.8. The SMILES string of the molecule is CCOC(=O)N[C@@H]1CCN(C(=O)[C@]2(Sc3ccc(C)cc3)CC(=O)N(Cc3ccc(Br)cc3)[C@H]2c2c[nH]c3cc(Cl)ccc23)C1. The molecule has 2 saturated heterocycles. The fourth-order valence-corrected chi connectivity index (χ4v) is 8.27. The van der Waals surface area contributed by atoms with Gasteiger partial charge in [-0.15, -0.1) is 11.8 Å². The Morgan fingerprint density at radius 2 is 1.89 bits per heavy atom. The molecule has 6 rings (SSSR count). The number of amides is 3. The van der Waals surface area contributed by atoms with Crippen LogP contribution in [0.2, 0.25) is 5.02 Å². The topological polar surface area (TPSA) is 94.7 Å². The Morgan fingerprint density at radius 1 is 1.13 bits per heavy atom. The third kappa shape index (κ3) is 6.46. The number of aromatic amines is 1. The molecule has 0 spiro atoms. The van der Waals surface area contributed by atoms with Crippen molar-refractivity contribution in [2.75, 3.05) is 19.7 Å². The van der Waals surface area contributed by atoms with Crippen molar-refractivity contribution in [2.24, 2.45) is 0 Å². The van der Waals surface area contributed by atoms with Gasteiger partial charge in [-0.05, 0) is 62.2 Å². The van der Waals surface area contributed by atoms with Crippen LogP contribution in [0.25, 0.3) is 10.9 Å². The van der Waals surface area contributed by atoms with Crippen LogP contribution in [0.1, 0.15) is 42.5 Å². The molecule has 0 aliphatic carbocycles. The summed E-state index contributed by atoms with van der Waals surface area (Å²) in [6.45, 7) is 5.19. The standard InChI is InChI=1S/C34H34BrClN4O4S/c1-3-44-33(43)38-25-14-15-39(20-25)32(42)34(45-26-11-4-21(2)5-12-26)17-30(41)40(19-22-6-8-23(35)9-7-22)31(34)28-18-37-29-16-24(36)10-13-27(28)29/h4-13,16,18,25,31,37H,3,14-15,17,19-20H2,1-2H3,(H,38,43)/t25-,31+,34+/m1/s1. The van der Waals surface area contributed by atoms with E-state index in [1.165, 1.54) is 11.8 Å². The number of carbonyl (C=O) groups is 3. The Labute approximate surface area is 279 Å². The molecule has 3 aromatic carbocycles. The second-order valence-corrected chi connectivity index (χ2v) is 14.3. The Kier molecular flexibility index (Phi) is 9.17. The fourth-order valence-electron chi connectivity index (χ4n) is 6.37. The van der Waals surface area contributed by atoms with Crippen LogP contribution in [-0.4, -0.2) is 63.2 Å². The summed E-state index contributed by atoms with van der Waals surface area (Å²) in [5.41, 5.74) is 3.76. The van der Waals surface area contributed by atoms with Crippen molar-refractivity contribution in [3.05, 3.63) is 99.1 Å². The van der Waals surface area contributed by atoms with Crippen molar-refractivity contribution in [1.82, 2.24) is 20.1 Å². The van der Waals surface area contributed by atoms with Crippen LogP contribution < -0.4 is 5.32 Å². The van der Waals surface area contributed by atoms with E-state index < -0.39 is 16.9 Å². The van der Waals surface area contributed by atoms with Gasteiger partial charge in [0, 0.05) is 56.7 Å². The molecule has 11 heteroatoms. The Morgan fingerprint density at radius 3 is 2.62 bits per heavy atom. The second kappa shape index (κ2) is 13.1. The summed E-state index contributed by atoms with van der Waals surface area (Å²) in [4.78, 5) is 49.3. The first-order chi connectivity index (χ1) is 21.7.